The summed E-state index contributed by atoms with van der Waals surface area (Å²) in [4.78, 5) is 16.8. The van der Waals surface area contributed by atoms with E-state index in [1.54, 1.807) is 19.1 Å². The van der Waals surface area contributed by atoms with Gasteiger partial charge in [-0.25, -0.2) is 13.4 Å². The molecule has 1 aromatic heterocycles. The van der Waals surface area contributed by atoms with Gasteiger partial charge in [0.1, 0.15) is 0 Å². The highest BCUT2D eigenvalue weighted by Crippen LogP contribution is 2.26. The summed E-state index contributed by atoms with van der Waals surface area (Å²) in [7, 11) is -3.47. The quantitative estimate of drug-likeness (QED) is 0.786. The van der Waals surface area contributed by atoms with Gasteiger partial charge in [0.25, 0.3) is 5.91 Å². The lowest BCUT2D eigenvalue weighted by Gasteiger charge is -2.08. The smallest absolute Gasteiger partial charge is 0.258 e. The van der Waals surface area contributed by atoms with Crippen molar-refractivity contribution in [3.05, 3.63) is 54.1 Å². The molecule has 0 unspecified atom stereocenters. The Morgan fingerprint density at radius 2 is 1.83 bits per heavy atom. The third kappa shape index (κ3) is 3.11. The fourth-order valence-corrected chi connectivity index (χ4v) is 4.12. The van der Waals surface area contributed by atoms with Gasteiger partial charge in [-0.15, -0.1) is 0 Å². The van der Waals surface area contributed by atoms with Crippen LogP contribution >= 0.6 is 11.3 Å². The largest absolute Gasteiger partial charge is 0.298 e. The van der Waals surface area contributed by atoms with Crippen molar-refractivity contribution in [2.45, 2.75) is 11.8 Å². The Balaban J connectivity index is 1.95. The molecule has 2 aromatic carbocycles. The number of anilines is 1. The van der Waals surface area contributed by atoms with Gasteiger partial charge in [0.2, 0.25) is 0 Å². The van der Waals surface area contributed by atoms with Crippen LogP contribution in [0.4, 0.5) is 5.13 Å². The molecule has 118 valence electrons. The predicted octanol–water partition coefficient (Wildman–Crippen LogP) is 3.34. The number of nitrogens with one attached hydrogen (secondary N) is 1. The number of thiazole rings is 1. The van der Waals surface area contributed by atoms with Crippen LogP contribution in [0.25, 0.3) is 10.2 Å². The Morgan fingerprint density at radius 1 is 1.13 bits per heavy atom. The average Bonchev–Trinajstić information content (AvgIpc) is 2.97. The summed E-state index contributed by atoms with van der Waals surface area (Å²) in [6.45, 7) is 1.55. The maximum absolute atomic E-state index is 12.5. The minimum Gasteiger partial charge on any atom is -0.298 e. The number of para-hydroxylation sites is 1. The van der Waals surface area contributed by atoms with Crippen molar-refractivity contribution in [2.24, 2.45) is 0 Å². The van der Waals surface area contributed by atoms with Crippen LogP contribution in [0.5, 0.6) is 0 Å². The molecular weight excluding hydrogens is 332 g/mol. The molecule has 1 amide bonds. The lowest BCUT2D eigenvalue weighted by atomic mass is 10.2. The number of rotatable bonds is 4. The fourth-order valence-electron chi connectivity index (χ4n) is 2.17. The van der Waals surface area contributed by atoms with Crippen LogP contribution in [0.1, 0.15) is 17.3 Å². The summed E-state index contributed by atoms with van der Waals surface area (Å²) >= 11 is 1.35. The minimum absolute atomic E-state index is 0.0427. The Kier molecular flexibility index (Phi) is 4.14. The van der Waals surface area contributed by atoms with Crippen LogP contribution in [0.3, 0.4) is 0 Å². The van der Waals surface area contributed by atoms with Crippen LogP contribution in [0.2, 0.25) is 0 Å². The second-order valence-electron chi connectivity index (χ2n) is 4.84. The zero-order valence-electron chi connectivity index (χ0n) is 12.3. The highest BCUT2D eigenvalue weighted by atomic mass is 32.2. The molecule has 0 aliphatic rings. The first-order valence-electron chi connectivity index (χ1n) is 7.00. The third-order valence-electron chi connectivity index (χ3n) is 3.36. The summed E-state index contributed by atoms with van der Waals surface area (Å²) in [5.41, 5.74) is 0.927. The molecule has 0 radical (unpaired) electrons. The van der Waals surface area contributed by atoms with Gasteiger partial charge in [-0.05, 0) is 24.3 Å². The summed E-state index contributed by atoms with van der Waals surface area (Å²) < 4.78 is 25.2. The zero-order valence-corrected chi connectivity index (χ0v) is 13.9. The molecule has 3 aromatic rings. The van der Waals surface area contributed by atoms with Crippen LogP contribution in [-0.2, 0) is 9.84 Å². The SMILES string of the molecule is CCS(=O)(=O)c1ccccc1C(=O)Nc1nc2ccccc2s1. The van der Waals surface area contributed by atoms with Gasteiger partial charge in [0, 0.05) is 0 Å². The maximum Gasteiger partial charge on any atom is 0.258 e. The van der Waals surface area contributed by atoms with Crippen molar-refractivity contribution in [3.8, 4) is 0 Å². The van der Waals surface area contributed by atoms with Gasteiger partial charge in [-0.3, -0.25) is 10.1 Å². The zero-order chi connectivity index (χ0) is 16.4. The minimum atomic E-state index is -3.47. The molecule has 0 saturated carbocycles. The number of carbonyl (C=O) groups excluding carboxylic acids is 1. The van der Waals surface area contributed by atoms with Crippen LogP contribution in [0, 0.1) is 0 Å². The Morgan fingerprint density at radius 3 is 2.57 bits per heavy atom. The number of carbonyl (C=O) groups is 1. The summed E-state index contributed by atoms with van der Waals surface area (Å²) in [6, 6.07) is 13.7. The first-order chi connectivity index (χ1) is 11.0. The molecule has 0 saturated heterocycles. The number of aromatic nitrogens is 1. The van der Waals surface area contributed by atoms with Crippen molar-refractivity contribution in [1.82, 2.24) is 4.98 Å². The molecule has 5 nitrogen and oxygen atoms in total. The standard InChI is InChI=1S/C16H14N2O3S2/c1-2-23(20,21)14-10-6-3-7-11(14)15(19)18-16-17-12-8-4-5-9-13(12)22-16/h3-10H,2H2,1H3,(H,17,18,19). The van der Waals surface area contributed by atoms with E-state index in [1.165, 1.54) is 23.5 Å². The lowest BCUT2D eigenvalue weighted by molar-refractivity contribution is 0.102. The number of hydrogen-bond acceptors (Lipinski definition) is 5. The highest BCUT2D eigenvalue weighted by Gasteiger charge is 2.21. The second-order valence-corrected chi connectivity index (χ2v) is 8.12. The van der Waals surface area contributed by atoms with Crippen LogP contribution in [0.15, 0.2) is 53.4 Å². The van der Waals surface area contributed by atoms with E-state index in [9.17, 15) is 13.2 Å². The van der Waals surface area contributed by atoms with Gasteiger partial charge in [-0.2, -0.15) is 0 Å². The van der Waals surface area contributed by atoms with E-state index in [2.05, 4.69) is 10.3 Å². The molecule has 1 N–H and O–H groups in total. The Bertz CT molecular complexity index is 945. The van der Waals surface area contributed by atoms with Crippen LogP contribution < -0.4 is 5.32 Å². The number of hydrogen-bond donors (Lipinski definition) is 1. The number of nitrogens with zero attached hydrogens (tertiary/aromatic N) is 1. The van der Waals surface area contributed by atoms with Crippen molar-refractivity contribution in [3.63, 3.8) is 0 Å². The molecule has 3 rings (SSSR count). The molecule has 1 heterocycles. The van der Waals surface area contributed by atoms with Gasteiger partial charge < -0.3 is 0 Å². The van der Waals surface area contributed by atoms with E-state index in [0.29, 0.717) is 5.13 Å². The molecule has 0 aliphatic heterocycles. The van der Waals surface area contributed by atoms with Crippen molar-refractivity contribution in [1.29, 1.82) is 0 Å². The number of sulfone groups is 1. The normalized spacial score (nSPS) is 11.5. The highest BCUT2D eigenvalue weighted by molar-refractivity contribution is 7.91. The number of benzene rings is 2. The average molecular weight is 346 g/mol. The Labute approximate surface area is 137 Å². The van der Waals surface area contributed by atoms with E-state index in [-0.39, 0.29) is 16.2 Å². The monoisotopic (exact) mass is 346 g/mol. The van der Waals surface area contributed by atoms with Crippen molar-refractivity contribution in [2.75, 3.05) is 11.1 Å². The molecule has 0 spiro atoms. The lowest BCUT2D eigenvalue weighted by Crippen LogP contribution is -2.17. The van der Waals surface area contributed by atoms with Crippen LogP contribution in [-0.4, -0.2) is 25.1 Å². The van der Waals surface area contributed by atoms with Gasteiger partial charge in [-0.1, -0.05) is 42.5 Å². The van der Waals surface area contributed by atoms with Crippen molar-refractivity contribution >= 4 is 42.4 Å². The van der Waals surface area contributed by atoms with Crippen molar-refractivity contribution < 1.29 is 13.2 Å². The maximum atomic E-state index is 12.5. The molecule has 0 fully saturated rings. The first-order valence-corrected chi connectivity index (χ1v) is 9.47. The Hall–Kier alpha value is -2.25. The topological polar surface area (TPSA) is 76.1 Å². The number of fused-ring (bicyclic) bond motifs is 1. The van der Waals surface area contributed by atoms with Gasteiger partial charge in [0.05, 0.1) is 26.4 Å². The van der Waals surface area contributed by atoms with E-state index >= 15 is 0 Å². The van der Waals surface area contributed by atoms with Gasteiger partial charge >= 0.3 is 0 Å². The molecular formula is C16H14N2O3S2. The van der Waals surface area contributed by atoms with E-state index in [4.69, 9.17) is 0 Å². The third-order valence-corrected chi connectivity index (χ3v) is 6.10. The van der Waals surface area contributed by atoms with E-state index in [1.807, 2.05) is 24.3 Å². The summed E-state index contributed by atoms with van der Waals surface area (Å²) in [5.74, 6) is -0.532. The molecule has 7 heteroatoms. The van der Waals surface area contributed by atoms with E-state index < -0.39 is 15.7 Å². The molecule has 0 aliphatic carbocycles. The first kappa shape index (κ1) is 15.6. The number of amides is 1. The second kappa shape index (κ2) is 6.10. The summed E-state index contributed by atoms with van der Waals surface area (Å²) in [5, 5.41) is 3.13. The molecule has 23 heavy (non-hydrogen) atoms. The predicted molar refractivity (Wildman–Crippen MR) is 91.7 cm³/mol. The van der Waals surface area contributed by atoms with Gasteiger partial charge in [0.15, 0.2) is 15.0 Å². The molecule has 0 bridgehead atoms. The fraction of sp³-hybridized carbons (Fsp3) is 0.125. The molecule has 0 atom stereocenters. The van der Waals surface area contributed by atoms with E-state index in [0.717, 1.165) is 10.2 Å². The summed E-state index contributed by atoms with van der Waals surface area (Å²) in [6.07, 6.45) is 0.